The highest BCUT2D eigenvalue weighted by molar-refractivity contribution is 6.20. The van der Waals surface area contributed by atoms with Crippen LogP contribution in [0.1, 0.15) is 25.0 Å². The molecule has 2 radical (unpaired) electrons. The molecule has 29 heavy (non-hydrogen) atoms. The van der Waals surface area contributed by atoms with Crippen LogP contribution >= 0.6 is 0 Å². The van der Waals surface area contributed by atoms with Crippen molar-refractivity contribution in [3.05, 3.63) is 34.9 Å². The Hall–Kier alpha value is -2.45. The number of anilines is 1. The predicted octanol–water partition coefficient (Wildman–Crippen LogP) is 4.73. The second-order valence-corrected chi connectivity index (χ2v) is 8.27. The van der Waals surface area contributed by atoms with E-state index in [1.807, 2.05) is 0 Å². The van der Waals surface area contributed by atoms with Gasteiger partial charge in [-0.1, -0.05) is 19.1 Å². The van der Waals surface area contributed by atoms with Crippen LogP contribution in [0.4, 0.5) is 27.6 Å². The number of alkyl halides is 5. The van der Waals surface area contributed by atoms with Crippen LogP contribution in [0, 0.1) is 5.92 Å². The monoisotopic (exact) mass is 405 g/mol. The lowest BCUT2D eigenvalue weighted by Gasteiger charge is -2.38. The molecule has 6 rings (SSSR count). The lowest BCUT2D eigenvalue weighted by atomic mass is 9.71. The van der Waals surface area contributed by atoms with Crippen LogP contribution in [0.25, 0.3) is 16.3 Å². The molecule has 3 heterocycles. The van der Waals surface area contributed by atoms with Gasteiger partial charge in [-0.15, -0.1) is 0 Å². The first kappa shape index (κ1) is 17.4. The van der Waals surface area contributed by atoms with Crippen molar-refractivity contribution in [3.63, 3.8) is 0 Å². The smallest absolute Gasteiger partial charge is 0.304 e. The molecular formula is C20H13BF5NO2. The molecule has 0 fully saturated rings. The molecule has 148 valence electrons. The molecular weight excluding hydrogens is 392 g/mol. The van der Waals surface area contributed by atoms with Crippen molar-refractivity contribution in [2.24, 2.45) is 5.92 Å². The van der Waals surface area contributed by atoms with Gasteiger partial charge in [0.1, 0.15) is 7.85 Å². The average Bonchev–Trinajstić information content (AvgIpc) is 3.22. The van der Waals surface area contributed by atoms with E-state index in [0.717, 1.165) is 0 Å². The molecule has 0 spiro atoms. The Morgan fingerprint density at radius 2 is 1.83 bits per heavy atom. The minimum Gasteiger partial charge on any atom is -0.454 e. The summed E-state index contributed by atoms with van der Waals surface area (Å²) in [7, 11) is 4.97. The third kappa shape index (κ3) is 1.55. The normalized spacial score (nSPS) is 34.5. The quantitative estimate of drug-likeness (QED) is 0.508. The van der Waals surface area contributed by atoms with Gasteiger partial charge in [0.25, 0.3) is 0 Å². The highest BCUT2D eigenvalue weighted by atomic mass is 19.3. The fourth-order valence-corrected chi connectivity index (χ4v) is 5.33. The predicted molar refractivity (Wildman–Crippen MR) is 96.6 cm³/mol. The van der Waals surface area contributed by atoms with E-state index in [2.05, 4.69) is 5.32 Å². The topological polar surface area (TPSA) is 30.5 Å². The number of ether oxygens (including phenoxy) is 2. The SMILES string of the molecule is [B]C1(F)C(F)(F)C2=C(C(C)C3(C)Nc4c2ccc2cc5c(c3c42)OCO5)C1(F)F. The average molecular weight is 405 g/mol. The minimum absolute atomic E-state index is 0.0378. The summed E-state index contributed by atoms with van der Waals surface area (Å²) in [5.74, 6) is -9.51. The Morgan fingerprint density at radius 3 is 2.55 bits per heavy atom. The maximum absolute atomic E-state index is 15.1. The summed E-state index contributed by atoms with van der Waals surface area (Å²) in [5.41, 5.74) is -7.17. The Morgan fingerprint density at radius 1 is 1.10 bits per heavy atom. The zero-order valence-electron chi connectivity index (χ0n) is 15.3. The Bertz CT molecular complexity index is 1190. The highest BCUT2D eigenvalue weighted by Gasteiger charge is 2.77. The highest BCUT2D eigenvalue weighted by Crippen LogP contribution is 2.68. The number of nitrogens with one attached hydrogen (secondary N) is 1. The van der Waals surface area contributed by atoms with Crippen molar-refractivity contribution >= 4 is 29.9 Å². The first-order valence-corrected chi connectivity index (χ1v) is 9.11. The van der Waals surface area contributed by atoms with Crippen molar-refractivity contribution in [2.75, 3.05) is 12.1 Å². The molecule has 4 aliphatic rings. The van der Waals surface area contributed by atoms with Gasteiger partial charge in [0, 0.05) is 33.6 Å². The molecule has 2 aromatic rings. The molecule has 3 aliphatic heterocycles. The van der Waals surface area contributed by atoms with E-state index >= 15 is 17.6 Å². The van der Waals surface area contributed by atoms with Gasteiger partial charge in [-0.2, -0.15) is 17.6 Å². The first-order chi connectivity index (χ1) is 13.4. The summed E-state index contributed by atoms with van der Waals surface area (Å²) in [6, 6.07) is 4.56. The molecule has 0 saturated heterocycles. The van der Waals surface area contributed by atoms with Crippen molar-refractivity contribution in [1.29, 1.82) is 0 Å². The molecule has 0 saturated carbocycles. The van der Waals surface area contributed by atoms with Gasteiger partial charge >= 0.3 is 11.8 Å². The number of hydrogen-bond donors (Lipinski definition) is 1. The maximum atomic E-state index is 15.1. The van der Waals surface area contributed by atoms with E-state index in [-0.39, 0.29) is 18.0 Å². The first-order valence-electron chi connectivity index (χ1n) is 9.11. The van der Waals surface area contributed by atoms with Gasteiger partial charge < -0.3 is 14.8 Å². The van der Waals surface area contributed by atoms with Crippen LogP contribution in [0.2, 0.25) is 0 Å². The lowest BCUT2D eigenvalue weighted by Crippen LogP contribution is -2.54. The zero-order valence-corrected chi connectivity index (χ0v) is 15.3. The fraction of sp³-hybridized carbons (Fsp3) is 0.400. The van der Waals surface area contributed by atoms with Gasteiger partial charge in [0.05, 0.1) is 11.2 Å². The number of fused-ring (bicyclic) bond motifs is 5. The van der Waals surface area contributed by atoms with Gasteiger partial charge in [-0.3, -0.25) is 0 Å². The minimum atomic E-state index is -4.57. The van der Waals surface area contributed by atoms with Crippen LogP contribution < -0.4 is 14.8 Å². The number of rotatable bonds is 0. The summed E-state index contributed by atoms with van der Waals surface area (Å²) in [6.45, 7) is 2.96. The molecule has 0 aromatic heterocycles. The molecule has 1 aliphatic carbocycles. The van der Waals surface area contributed by atoms with Crippen LogP contribution in [0.5, 0.6) is 11.5 Å². The van der Waals surface area contributed by atoms with Crippen LogP contribution in [0.3, 0.4) is 0 Å². The van der Waals surface area contributed by atoms with E-state index in [4.69, 9.17) is 17.3 Å². The summed E-state index contributed by atoms with van der Waals surface area (Å²) >= 11 is 0. The Labute approximate surface area is 163 Å². The summed E-state index contributed by atoms with van der Waals surface area (Å²) in [5, 5.41) is 4.44. The van der Waals surface area contributed by atoms with Crippen molar-refractivity contribution in [3.8, 4) is 11.5 Å². The molecule has 9 heteroatoms. The van der Waals surface area contributed by atoms with Gasteiger partial charge in [0.2, 0.25) is 6.79 Å². The Balaban J connectivity index is 1.80. The number of benzene rings is 2. The van der Waals surface area contributed by atoms with Gasteiger partial charge in [-0.25, -0.2) is 4.39 Å². The van der Waals surface area contributed by atoms with E-state index in [1.165, 1.54) is 19.1 Å². The largest absolute Gasteiger partial charge is 0.454 e. The van der Waals surface area contributed by atoms with Gasteiger partial charge in [-0.05, 0) is 18.4 Å². The van der Waals surface area contributed by atoms with Crippen LogP contribution in [-0.2, 0) is 5.54 Å². The molecule has 3 unspecified atom stereocenters. The second-order valence-electron chi connectivity index (χ2n) is 8.27. The fourth-order valence-electron chi connectivity index (χ4n) is 5.33. The Kier molecular flexibility index (Phi) is 2.70. The van der Waals surface area contributed by atoms with Gasteiger partial charge in [0.15, 0.2) is 17.1 Å². The maximum Gasteiger partial charge on any atom is 0.304 e. The molecule has 2 aromatic carbocycles. The van der Waals surface area contributed by atoms with Crippen molar-refractivity contribution in [2.45, 2.75) is 36.8 Å². The molecule has 3 nitrogen and oxygen atoms in total. The standard InChI is InChI=1S/C20H13BF5NO2/c1-7-12-13(19(24,25)20(21,26)18(12,22)23)9-4-3-8-5-10-16(29-6-28-10)14-11(8)15(9)27-17(7,14)2/h3-5,7,27H,6H2,1-2H3. The molecule has 0 amide bonds. The lowest BCUT2D eigenvalue weighted by molar-refractivity contribution is -0.146. The van der Waals surface area contributed by atoms with Crippen LogP contribution in [-0.4, -0.2) is 32.1 Å². The molecule has 2 bridgehead atoms. The molecule has 3 atom stereocenters. The second kappa shape index (κ2) is 4.49. The third-order valence-corrected chi connectivity index (χ3v) is 6.95. The van der Waals surface area contributed by atoms with E-state index in [0.29, 0.717) is 27.8 Å². The third-order valence-electron chi connectivity index (χ3n) is 6.95. The molecule has 1 N–H and O–H groups in total. The van der Waals surface area contributed by atoms with E-state index in [9.17, 15) is 4.39 Å². The number of halogens is 5. The van der Waals surface area contributed by atoms with Crippen molar-refractivity contribution in [1.82, 2.24) is 0 Å². The number of allylic oxidation sites excluding steroid dienone is 1. The van der Waals surface area contributed by atoms with Crippen molar-refractivity contribution < 1.29 is 31.4 Å². The van der Waals surface area contributed by atoms with E-state index < -0.39 is 40.0 Å². The van der Waals surface area contributed by atoms with E-state index in [1.54, 1.807) is 13.0 Å². The summed E-state index contributed by atoms with van der Waals surface area (Å²) in [6.07, 6.45) is 0. The summed E-state index contributed by atoms with van der Waals surface area (Å²) < 4.78 is 86.1. The van der Waals surface area contributed by atoms with Crippen LogP contribution in [0.15, 0.2) is 23.8 Å². The number of hydrogen-bond acceptors (Lipinski definition) is 3. The zero-order chi connectivity index (χ0) is 20.7. The summed E-state index contributed by atoms with van der Waals surface area (Å²) in [4.78, 5) is 0.